The van der Waals surface area contributed by atoms with E-state index >= 15 is 0 Å². The molecule has 0 aliphatic carbocycles. The van der Waals surface area contributed by atoms with E-state index in [0.717, 1.165) is 34.6 Å². The molecule has 0 heterocycles. The van der Waals surface area contributed by atoms with Crippen LogP contribution in [0.2, 0.25) is 0 Å². The maximum Gasteiger partial charge on any atom is 0.143 e. The molecule has 0 radical (unpaired) electrons. The lowest BCUT2D eigenvalue weighted by molar-refractivity contribution is -0.123. The zero-order valence-corrected chi connectivity index (χ0v) is 17.9. The summed E-state index contributed by atoms with van der Waals surface area (Å²) in [6.45, 7) is 11.6. The predicted octanol–water partition coefficient (Wildman–Crippen LogP) is 5.21. The Morgan fingerprint density at radius 3 is 2.29 bits per heavy atom. The highest BCUT2D eigenvalue weighted by Crippen LogP contribution is 2.31. The van der Waals surface area contributed by atoms with Gasteiger partial charge < -0.3 is 9.64 Å². The third kappa shape index (κ3) is 6.07. The zero-order chi connectivity index (χ0) is 20.7. The van der Waals surface area contributed by atoms with Gasteiger partial charge in [0.25, 0.3) is 0 Å². The Hall–Kier alpha value is -2.39. The third-order valence-corrected chi connectivity index (χ3v) is 4.88. The Balaban J connectivity index is 2.22. The van der Waals surface area contributed by atoms with E-state index in [-0.39, 0.29) is 17.6 Å². The minimum atomic E-state index is -0.173. The number of likely N-dealkylation sites (N-methyl/N-ethyl adjacent to an activating group) is 1. The lowest BCUT2D eigenvalue weighted by atomic mass is 9.81. The van der Waals surface area contributed by atoms with Gasteiger partial charge in [-0.25, -0.2) is 0 Å². The summed E-state index contributed by atoms with van der Waals surface area (Å²) in [6.07, 6.45) is 0.680. The van der Waals surface area contributed by atoms with E-state index in [9.17, 15) is 4.79 Å². The highest BCUT2D eigenvalue weighted by molar-refractivity contribution is 5.89. The molecule has 0 aromatic heterocycles. The summed E-state index contributed by atoms with van der Waals surface area (Å²) >= 11 is 0. The van der Waals surface area contributed by atoms with Gasteiger partial charge in [0, 0.05) is 18.4 Å². The van der Waals surface area contributed by atoms with Crippen LogP contribution in [-0.2, 0) is 11.2 Å². The first-order chi connectivity index (χ1) is 13.3. The second kappa shape index (κ2) is 10.2. The maximum absolute atomic E-state index is 13.0. The normalized spacial score (nSPS) is 12.2. The molecule has 0 saturated carbocycles. The van der Waals surface area contributed by atoms with E-state index in [1.165, 1.54) is 0 Å². The molecule has 0 fully saturated rings. The standard InChI is InChI=1S/C25H33NO2/c1-18(2)22-9-7-8-10-23(22)24(25(27)19(3)4)17-20-11-13-21(14-12-20)28-16-15-26(5)6/h7-14,19,24H,1,15-17H2,2-6H3. The van der Waals surface area contributed by atoms with Crippen LogP contribution in [0.3, 0.4) is 0 Å². The van der Waals surface area contributed by atoms with Gasteiger partial charge in [-0.2, -0.15) is 0 Å². The number of nitrogens with zero attached hydrogens (tertiary/aromatic N) is 1. The molecule has 150 valence electrons. The van der Waals surface area contributed by atoms with Crippen LogP contribution in [0.5, 0.6) is 5.75 Å². The average molecular weight is 380 g/mol. The number of ether oxygens (including phenoxy) is 1. The first kappa shape index (κ1) is 21.9. The van der Waals surface area contributed by atoms with Crippen LogP contribution in [0.15, 0.2) is 55.1 Å². The molecule has 0 aliphatic rings. The molecule has 28 heavy (non-hydrogen) atoms. The minimum Gasteiger partial charge on any atom is -0.492 e. The van der Waals surface area contributed by atoms with Gasteiger partial charge in [-0.3, -0.25) is 4.79 Å². The van der Waals surface area contributed by atoms with Crippen molar-refractivity contribution in [3.8, 4) is 5.75 Å². The Morgan fingerprint density at radius 2 is 1.71 bits per heavy atom. The Kier molecular flexibility index (Phi) is 8.01. The fourth-order valence-electron chi connectivity index (χ4n) is 3.26. The van der Waals surface area contributed by atoms with Crippen LogP contribution < -0.4 is 4.74 Å². The molecule has 0 saturated heterocycles. The highest BCUT2D eigenvalue weighted by Gasteiger charge is 2.25. The van der Waals surface area contributed by atoms with Gasteiger partial charge in [0.2, 0.25) is 0 Å². The molecule has 0 N–H and O–H groups in total. The van der Waals surface area contributed by atoms with Gasteiger partial charge in [-0.1, -0.05) is 62.4 Å². The van der Waals surface area contributed by atoms with Gasteiger partial charge >= 0.3 is 0 Å². The van der Waals surface area contributed by atoms with E-state index < -0.39 is 0 Å². The summed E-state index contributed by atoms with van der Waals surface area (Å²) in [5.41, 5.74) is 4.27. The van der Waals surface area contributed by atoms with Crippen LogP contribution in [0.4, 0.5) is 0 Å². The number of hydrogen-bond acceptors (Lipinski definition) is 3. The van der Waals surface area contributed by atoms with Crippen molar-refractivity contribution >= 4 is 11.4 Å². The molecule has 0 bridgehead atoms. The van der Waals surface area contributed by atoms with Crippen LogP contribution in [-0.4, -0.2) is 37.9 Å². The number of rotatable bonds is 10. The summed E-state index contributed by atoms with van der Waals surface area (Å²) in [6, 6.07) is 16.2. The third-order valence-electron chi connectivity index (χ3n) is 4.88. The smallest absolute Gasteiger partial charge is 0.143 e. The van der Waals surface area contributed by atoms with Crippen molar-refractivity contribution in [1.29, 1.82) is 0 Å². The Morgan fingerprint density at radius 1 is 1.07 bits per heavy atom. The van der Waals surface area contributed by atoms with Crippen LogP contribution in [0.1, 0.15) is 43.4 Å². The van der Waals surface area contributed by atoms with Crippen molar-refractivity contribution in [1.82, 2.24) is 4.90 Å². The van der Waals surface area contributed by atoms with Crippen LogP contribution in [0, 0.1) is 5.92 Å². The largest absolute Gasteiger partial charge is 0.492 e. The highest BCUT2D eigenvalue weighted by atomic mass is 16.5. The minimum absolute atomic E-state index is 0.0168. The first-order valence-corrected chi connectivity index (χ1v) is 9.94. The van der Waals surface area contributed by atoms with Crippen molar-refractivity contribution in [2.75, 3.05) is 27.2 Å². The van der Waals surface area contributed by atoms with E-state index in [2.05, 4.69) is 35.7 Å². The maximum atomic E-state index is 13.0. The van der Waals surface area contributed by atoms with Crippen molar-refractivity contribution in [2.45, 2.75) is 33.1 Å². The van der Waals surface area contributed by atoms with Crippen molar-refractivity contribution in [3.05, 3.63) is 71.8 Å². The topological polar surface area (TPSA) is 29.5 Å². The summed E-state index contributed by atoms with van der Waals surface area (Å²) in [7, 11) is 4.06. The molecule has 1 unspecified atom stereocenters. The molecule has 3 heteroatoms. The molecular formula is C25H33NO2. The molecule has 0 aliphatic heterocycles. The Labute approximate surface area is 170 Å². The van der Waals surface area contributed by atoms with E-state index in [1.807, 2.05) is 59.1 Å². The SMILES string of the molecule is C=C(C)c1ccccc1C(Cc1ccc(OCCN(C)C)cc1)C(=O)C(C)C. The van der Waals surface area contributed by atoms with Crippen molar-refractivity contribution in [3.63, 3.8) is 0 Å². The quantitative estimate of drug-likeness (QED) is 0.567. The van der Waals surface area contributed by atoms with Gasteiger partial charge in [0.15, 0.2) is 0 Å². The monoisotopic (exact) mass is 379 g/mol. The first-order valence-electron chi connectivity index (χ1n) is 9.94. The molecule has 2 rings (SSSR count). The molecule has 0 amide bonds. The number of carbonyl (C=O) groups excluding carboxylic acids is 1. The van der Waals surface area contributed by atoms with Crippen molar-refractivity contribution in [2.24, 2.45) is 5.92 Å². The summed E-state index contributed by atoms with van der Waals surface area (Å²) in [5.74, 6) is 0.935. The van der Waals surface area contributed by atoms with Crippen LogP contribution >= 0.6 is 0 Å². The lowest BCUT2D eigenvalue weighted by Gasteiger charge is -2.22. The van der Waals surface area contributed by atoms with Crippen molar-refractivity contribution < 1.29 is 9.53 Å². The van der Waals surface area contributed by atoms with Gasteiger partial charge in [-0.05, 0) is 56.3 Å². The number of allylic oxidation sites excluding steroid dienone is 1. The number of ketones is 1. The molecule has 1 atom stereocenters. The van der Waals surface area contributed by atoms with E-state index in [0.29, 0.717) is 13.0 Å². The predicted molar refractivity (Wildman–Crippen MR) is 118 cm³/mol. The number of carbonyl (C=O) groups is 1. The molecule has 0 spiro atoms. The molecule has 2 aromatic rings. The fourth-order valence-corrected chi connectivity index (χ4v) is 3.26. The fraction of sp³-hybridized carbons (Fsp3) is 0.400. The van der Waals surface area contributed by atoms with Gasteiger partial charge in [0.1, 0.15) is 18.1 Å². The zero-order valence-electron chi connectivity index (χ0n) is 17.9. The van der Waals surface area contributed by atoms with E-state index in [1.54, 1.807) is 0 Å². The number of benzene rings is 2. The lowest BCUT2D eigenvalue weighted by Crippen LogP contribution is -2.21. The number of Topliss-reactive ketones (excluding diaryl/α,β-unsaturated/α-hetero) is 1. The molecule has 3 nitrogen and oxygen atoms in total. The van der Waals surface area contributed by atoms with Gasteiger partial charge in [-0.15, -0.1) is 0 Å². The summed E-state index contributed by atoms with van der Waals surface area (Å²) in [4.78, 5) is 15.1. The summed E-state index contributed by atoms with van der Waals surface area (Å²) in [5, 5.41) is 0. The molecule has 2 aromatic carbocycles. The second-order valence-corrected chi connectivity index (χ2v) is 7.98. The van der Waals surface area contributed by atoms with E-state index in [4.69, 9.17) is 4.74 Å². The van der Waals surface area contributed by atoms with Crippen LogP contribution in [0.25, 0.3) is 5.57 Å². The second-order valence-electron chi connectivity index (χ2n) is 7.98. The Bertz CT molecular complexity index is 790. The summed E-state index contributed by atoms with van der Waals surface area (Å²) < 4.78 is 5.78. The number of hydrogen-bond donors (Lipinski definition) is 0. The van der Waals surface area contributed by atoms with Gasteiger partial charge in [0.05, 0.1) is 0 Å². The average Bonchev–Trinajstić information content (AvgIpc) is 2.66. The molecular weight excluding hydrogens is 346 g/mol.